The molecule has 1 heterocycles. The summed E-state index contributed by atoms with van der Waals surface area (Å²) in [4.78, 5) is 13.6. The summed E-state index contributed by atoms with van der Waals surface area (Å²) in [6.45, 7) is 0.574. The Bertz CT molecular complexity index is 586. The number of carbonyl (C=O) groups is 1. The summed E-state index contributed by atoms with van der Waals surface area (Å²) in [6, 6.07) is 6.90. The zero-order valence-corrected chi connectivity index (χ0v) is 12.2. The minimum absolute atomic E-state index is 0.00167. The molecule has 1 aliphatic rings. The number of para-hydroxylation sites is 2. The van der Waals surface area contributed by atoms with Crippen LogP contribution < -0.4 is 9.62 Å². The first-order valence-corrected chi connectivity index (χ1v) is 8.41. The van der Waals surface area contributed by atoms with E-state index in [0.29, 0.717) is 30.1 Å². The van der Waals surface area contributed by atoms with E-state index < -0.39 is 10.0 Å². The maximum atomic E-state index is 12.0. The molecule has 0 radical (unpaired) electrons. The van der Waals surface area contributed by atoms with E-state index in [2.05, 4.69) is 17.4 Å². The highest BCUT2D eigenvalue weighted by molar-refractivity contribution is 7.92. The van der Waals surface area contributed by atoms with Gasteiger partial charge in [-0.05, 0) is 23.8 Å². The van der Waals surface area contributed by atoms with E-state index in [-0.39, 0.29) is 11.8 Å². The lowest BCUT2D eigenvalue weighted by Crippen LogP contribution is -2.26. The second-order valence-corrected chi connectivity index (χ2v) is 6.76. The number of sulfonamides is 1. The third-order valence-electron chi connectivity index (χ3n) is 2.95. The van der Waals surface area contributed by atoms with E-state index in [4.69, 9.17) is 0 Å². The lowest BCUT2D eigenvalue weighted by atomic mass is 10.1. The van der Waals surface area contributed by atoms with Crippen LogP contribution in [0.3, 0.4) is 0 Å². The summed E-state index contributed by atoms with van der Waals surface area (Å²) < 4.78 is 25.1. The van der Waals surface area contributed by atoms with Crippen molar-refractivity contribution >= 4 is 39.9 Å². The quantitative estimate of drug-likeness (QED) is 0.825. The largest absolute Gasteiger partial charge is 0.310 e. The first kappa shape index (κ1) is 14.2. The third kappa shape index (κ3) is 3.42. The van der Waals surface area contributed by atoms with E-state index in [1.165, 1.54) is 0 Å². The van der Waals surface area contributed by atoms with Crippen LogP contribution >= 0.6 is 12.6 Å². The van der Waals surface area contributed by atoms with Crippen LogP contribution in [0.1, 0.15) is 6.42 Å². The number of hydrogen-bond acceptors (Lipinski definition) is 4. The summed E-state index contributed by atoms with van der Waals surface area (Å²) >= 11 is 4.21. The van der Waals surface area contributed by atoms with Crippen LogP contribution in [0.15, 0.2) is 24.3 Å². The van der Waals surface area contributed by atoms with Crippen LogP contribution in [-0.4, -0.2) is 32.9 Å². The molecule has 2 rings (SSSR count). The Morgan fingerprint density at radius 2 is 2.11 bits per heavy atom. The molecule has 1 unspecified atom stereocenters. The van der Waals surface area contributed by atoms with Gasteiger partial charge < -0.3 is 4.90 Å². The van der Waals surface area contributed by atoms with Crippen LogP contribution in [0.4, 0.5) is 11.4 Å². The molecule has 1 saturated heterocycles. The van der Waals surface area contributed by atoms with Crippen molar-refractivity contribution in [3.05, 3.63) is 24.3 Å². The normalized spacial score (nSPS) is 19.8. The molecule has 1 fully saturated rings. The Kier molecular flexibility index (Phi) is 4.05. The van der Waals surface area contributed by atoms with E-state index in [1.54, 1.807) is 29.2 Å². The van der Waals surface area contributed by atoms with Crippen LogP contribution in [-0.2, 0) is 14.8 Å². The minimum Gasteiger partial charge on any atom is -0.310 e. The molecular formula is C12H16N2O3S2. The van der Waals surface area contributed by atoms with Crippen molar-refractivity contribution in [3.63, 3.8) is 0 Å². The zero-order valence-electron chi connectivity index (χ0n) is 10.5. The maximum absolute atomic E-state index is 12.0. The Morgan fingerprint density at radius 3 is 2.68 bits per heavy atom. The van der Waals surface area contributed by atoms with Crippen LogP contribution in [0, 0.1) is 5.92 Å². The molecular weight excluding hydrogens is 284 g/mol. The molecule has 1 aromatic rings. The highest BCUT2D eigenvalue weighted by atomic mass is 32.2. The van der Waals surface area contributed by atoms with Crippen molar-refractivity contribution in [2.45, 2.75) is 6.42 Å². The van der Waals surface area contributed by atoms with Gasteiger partial charge in [-0.1, -0.05) is 12.1 Å². The zero-order chi connectivity index (χ0) is 14.0. The minimum atomic E-state index is -3.37. The molecule has 1 aromatic carbocycles. The number of rotatable bonds is 4. The molecule has 0 bridgehead atoms. The Hall–Kier alpha value is -1.21. The van der Waals surface area contributed by atoms with E-state index >= 15 is 0 Å². The lowest BCUT2D eigenvalue weighted by Gasteiger charge is -2.20. The van der Waals surface area contributed by atoms with Crippen LogP contribution in [0.2, 0.25) is 0 Å². The molecule has 1 N–H and O–H groups in total. The van der Waals surface area contributed by atoms with Gasteiger partial charge in [-0.25, -0.2) is 8.42 Å². The molecule has 1 amide bonds. The number of nitrogens with zero attached hydrogens (tertiary/aromatic N) is 1. The number of thiol groups is 1. The van der Waals surface area contributed by atoms with Crippen molar-refractivity contribution < 1.29 is 13.2 Å². The molecule has 5 nitrogen and oxygen atoms in total. The lowest BCUT2D eigenvalue weighted by molar-refractivity contribution is -0.117. The second kappa shape index (κ2) is 5.42. The van der Waals surface area contributed by atoms with E-state index in [0.717, 1.165) is 6.26 Å². The van der Waals surface area contributed by atoms with Gasteiger partial charge in [0.2, 0.25) is 15.9 Å². The van der Waals surface area contributed by atoms with Crippen LogP contribution in [0.25, 0.3) is 0 Å². The number of benzene rings is 1. The average Bonchev–Trinajstić information content (AvgIpc) is 2.69. The fraction of sp³-hybridized carbons (Fsp3) is 0.417. The van der Waals surface area contributed by atoms with Gasteiger partial charge in [-0.3, -0.25) is 9.52 Å². The number of carbonyl (C=O) groups excluding carboxylic acids is 1. The number of hydrogen-bond donors (Lipinski definition) is 2. The smallest absolute Gasteiger partial charge is 0.229 e. The highest BCUT2D eigenvalue weighted by Crippen LogP contribution is 2.32. The Labute approximate surface area is 118 Å². The highest BCUT2D eigenvalue weighted by Gasteiger charge is 2.31. The fourth-order valence-electron chi connectivity index (χ4n) is 2.13. The maximum Gasteiger partial charge on any atom is 0.229 e. The molecule has 104 valence electrons. The standard InChI is InChI=1S/C12H16N2O3S2/c1-19(16,17)13-10-4-2-3-5-11(10)14-7-9(8-18)6-12(14)15/h2-5,9,13,18H,6-8H2,1H3. The number of amides is 1. The van der Waals surface area contributed by atoms with Gasteiger partial charge in [0.1, 0.15) is 0 Å². The number of nitrogens with one attached hydrogen (secondary N) is 1. The molecule has 0 aliphatic carbocycles. The predicted molar refractivity (Wildman–Crippen MR) is 79.2 cm³/mol. The van der Waals surface area contributed by atoms with Crippen molar-refractivity contribution in [2.75, 3.05) is 28.2 Å². The first-order valence-electron chi connectivity index (χ1n) is 5.89. The summed E-state index contributed by atoms with van der Waals surface area (Å²) in [6.07, 6.45) is 1.54. The third-order valence-corrected chi connectivity index (χ3v) is 4.06. The first-order chi connectivity index (χ1) is 8.90. The van der Waals surface area contributed by atoms with Gasteiger partial charge in [-0.2, -0.15) is 12.6 Å². The molecule has 0 saturated carbocycles. The van der Waals surface area contributed by atoms with E-state index in [9.17, 15) is 13.2 Å². The molecule has 0 aromatic heterocycles. The number of anilines is 2. The van der Waals surface area contributed by atoms with Gasteiger partial charge in [0, 0.05) is 13.0 Å². The molecule has 7 heteroatoms. The summed E-state index contributed by atoms with van der Waals surface area (Å²) in [7, 11) is -3.37. The van der Waals surface area contributed by atoms with Gasteiger partial charge in [-0.15, -0.1) is 0 Å². The van der Waals surface area contributed by atoms with Gasteiger partial charge in [0.05, 0.1) is 17.6 Å². The summed E-state index contributed by atoms with van der Waals surface area (Å²) in [5.41, 5.74) is 1.03. The molecule has 19 heavy (non-hydrogen) atoms. The Morgan fingerprint density at radius 1 is 1.42 bits per heavy atom. The Balaban J connectivity index is 2.32. The van der Waals surface area contributed by atoms with Crippen molar-refractivity contribution in [1.29, 1.82) is 0 Å². The topological polar surface area (TPSA) is 66.5 Å². The van der Waals surface area contributed by atoms with Crippen molar-refractivity contribution in [3.8, 4) is 0 Å². The predicted octanol–water partition coefficient (Wildman–Crippen LogP) is 1.34. The summed E-state index contributed by atoms with van der Waals surface area (Å²) in [5, 5.41) is 0. The van der Waals surface area contributed by atoms with Gasteiger partial charge in [0.15, 0.2) is 0 Å². The van der Waals surface area contributed by atoms with E-state index in [1.807, 2.05) is 0 Å². The van der Waals surface area contributed by atoms with Gasteiger partial charge in [0.25, 0.3) is 0 Å². The molecule has 0 spiro atoms. The SMILES string of the molecule is CS(=O)(=O)Nc1ccccc1N1CC(CS)CC1=O. The van der Waals surface area contributed by atoms with Gasteiger partial charge >= 0.3 is 0 Å². The monoisotopic (exact) mass is 300 g/mol. The van der Waals surface area contributed by atoms with Crippen molar-refractivity contribution in [1.82, 2.24) is 0 Å². The average molecular weight is 300 g/mol. The van der Waals surface area contributed by atoms with Crippen molar-refractivity contribution in [2.24, 2.45) is 5.92 Å². The van der Waals surface area contributed by atoms with Crippen LogP contribution in [0.5, 0.6) is 0 Å². The fourth-order valence-corrected chi connectivity index (χ4v) is 2.95. The second-order valence-electron chi connectivity index (χ2n) is 4.65. The summed E-state index contributed by atoms with van der Waals surface area (Å²) in [5.74, 6) is 0.855. The molecule has 1 aliphatic heterocycles. The molecule has 1 atom stereocenters.